The first kappa shape index (κ1) is 13.5. The molecule has 0 aliphatic heterocycles. The number of nitrogens with zero attached hydrogens (tertiary/aromatic N) is 2. The number of carbonyl (C=O) groups is 1. The van der Waals surface area contributed by atoms with Crippen molar-refractivity contribution in [3.8, 4) is 0 Å². The summed E-state index contributed by atoms with van der Waals surface area (Å²) in [4.78, 5) is 12.1. The van der Waals surface area contributed by atoms with E-state index in [4.69, 9.17) is 0 Å². The van der Waals surface area contributed by atoms with Gasteiger partial charge in [-0.25, -0.2) is 0 Å². The standard InChI is InChI=1S/C13H15BrN2OS/c1-8-10(9(2)16(3)15-8)4-5-13(17)11-6-18-7-12(11)14/h6-7H,4-5H2,1-3H3. The highest BCUT2D eigenvalue weighted by Gasteiger charge is 2.14. The molecular formula is C13H15BrN2OS. The summed E-state index contributed by atoms with van der Waals surface area (Å²) in [5.74, 6) is 0.186. The first-order valence-electron chi connectivity index (χ1n) is 5.74. The maximum Gasteiger partial charge on any atom is 0.165 e. The first-order chi connectivity index (χ1) is 8.50. The number of aromatic nitrogens is 2. The minimum atomic E-state index is 0.186. The Labute approximate surface area is 119 Å². The molecule has 0 radical (unpaired) electrons. The molecular weight excluding hydrogens is 312 g/mol. The second kappa shape index (κ2) is 5.36. The van der Waals surface area contributed by atoms with Gasteiger partial charge in [0.2, 0.25) is 0 Å². The summed E-state index contributed by atoms with van der Waals surface area (Å²) in [6.45, 7) is 4.04. The topological polar surface area (TPSA) is 34.9 Å². The van der Waals surface area contributed by atoms with Gasteiger partial charge in [0.1, 0.15) is 0 Å². The SMILES string of the molecule is Cc1nn(C)c(C)c1CCC(=O)c1cscc1Br. The highest BCUT2D eigenvalue weighted by atomic mass is 79.9. The molecule has 0 N–H and O–H groups in total. The Morgan fingerprint density at radius 2 is 2.17 bits per heavy atom. The van der Waals surface area contributed by atoms with Crippen LogP contribution in [0, 0.1) is 13.8 Å². The summed E-state index contributed by atoms with van der Waals surface area (Å²) in [5.41, 5.74) is 4.15. The third-order valence-electron chi connectivity index (χ3n) is 3.18. The Morgan fingerprint density at radius 3 is 2.67 bits per heavy atom. The molecule has 0 amide bonds. The van der Waals surface area contributed by atoms with Crippen LogP contribution in [0.25, 0.3) is 0 Å². The molecule has 2 rings (SSSR count). The van der Waals surface area contributed by atoms with E-state index in [-0.39, 0.29) is 5.78 Å². The fourth-order valence-corrected chi connectivity index (χ4v) is 3.55. The highest BCUT2D eigenvalue weighted by molar-refractivity contribution is 9.10. The second-order valence-electron chi connectivity index (χ2n) is 4.33. The Kier molecular flexibility index (Phi) is 4.02. The second-order valence-corrected chi connectivity index (χ2v) is 5.93. The van der Waals surface area contributed by atoms with Crippen molar-refractivity contribution in [1.29, 1.82) is 0 Å². The summed E-state index contributed by atoms with van der Waals surface area (Å²) >= 11 is 4.94. The first-order valence-corrected chi connectivity index (χ1v) is 7.48. The Bertz CT molecular complexity index is 586. The molecule has 2 heterocycles. The van der Waals surface area contributed by atoms with Crippen molar-refractivity contribution in [2.45, 2.75) is 26.7 Å². The van der Waals surface area contributed by atoms with E-state index < -0.39 is 0 Å². The van der Waals surface area contributed by atoms with E-state index in [2.05, 4.69) is 21.0 Å². The average Bonchev–Trinajstić information content (AvgIpc) is 2.83. The number of thiophene rings is 1. The van der Waals surface area contributed by atoms with Gasteiger partial charge in [-0.15, -0.1) is 0 Å². The van der Waals surface area contributed by atoms with Gasteiger partial charge in [-0.2, -0.15) is 16.4 Å². The Hall–Kier alpha value is -0.940. The van der Waals surface area contributed by atoms with Crippen LogP contribution in [0.5, 0.6) is 0 Å². The van der Waals surface area contributed by atoms with Crippen LogP contribution in [0.1, 0.15) is 33.7 Å². The lowest BCUT2D eigenvalue weighted by atomic mass is 10.0. The van der Waals surface area contributed by atoms with Gasteiger partial charge in [0.05, 0.1) is 5.69 Å². The summed E-state index contributed by atoms with van der Waals surface area (Å²) in [5, 5.41) is 8.20. The zero-order valence-corrected chi connectivity index (χ0v) is 13.1. The lowest BCUT2D eigenvalue weighted by Crippen LogP contribution is -2.02. The van der Waals surface area contributed by atoms with Crippen LogP contribution in [-0.2, 0) is 13.5 Å². The fourth-order valence-electron chi connectivity index (χ4n) is 2.03. The van der Waals surface area contributed by atoms with Crippen molar-refractivity contribution in [3.63, 3.8) is 0 Å². The van der Waals surface area contributed by atoms with Gasteiger partial charge in [-0.1, -0.05) is 0 Å². The van der Waals surface area contributed by atoms with E-state index in [1.165, 1.54) is 5.56 Å². The van der Waals surface area contributed by atoms with Crippen LogP contribution in [0.15, 0.2) is 15.2 Å². The van der Waals surface area contributed by atoms with E-state index in [0.717, 1.165) is 27.8 Å². The molecule has 0 atom stereocenters. The quantitative estimate of drug-likeness (QED) is 0.803. The van der Waals surface area contributed by atoms with Crippen LogP contribution in [0.2, 0.25) is 0 Å². The maximum absolute atomic E-state index is 12.1. The predicted molar refractivity (Wildman–Crippen MR) is 77.4 cm³/mol. The zero-order chi connectivity index (χ0) is 13.3. The van der Waals surface area contributed by atoms with Crippen molar-refractivity contribution in [3.05, 3.63) is 37.7 Å². The lowest BCUT2D eigenvalue weighted by molar-refractivity contribution is 0.0982. The molecule has 0 bridgehead atoms. The van der Waals surface area contributed by atoms with E-state index in [0.29, 0.717) is 6.42 Å². The summed E-state index contributed by atoms with van der Waals surface area (Å²) < 4.78 is 2.77. The molecule has 0 saturated heterocycles. The molecule has 0 spiro atoms. The van der Waals surface area contributed by atoms with Gasteiger partial charge in [0, 0.05) is 40.0 Å². The van der Waals surface area contributed by atoms with Crippen LogP contribution >= 0.6 is 27.3 Å². The molecule has 0 aromatic carbocycles. The number of carbonyl (C=O) groups excluding carboxylic acids is 1. The van der Waals surface area contributed by atoms with Crippen molar-refractivity contribution in [1.82, 2.24) is 9.78 Å². The number of hydrogen-bond donors (Lipinski definition) is 0. The van der Waals surface area contributed by atoms with Crippen LogP contribution in [0.3, 0.4) is 0 Å². The number of halogens is 1. The molecule has 0 fully saturated rings. The minimum absolute atomic E-state index is 0.186. The van der Waals surface area contributed by atoms with Gasteiger partial charge in [0.25, 0.3) is 0 Å². The number of ketones is 1. The van der Waals surface area contributed by atoms with Crippen LogP contribution in [0.4, 0.5) is 0 Å². The molecule has 3 nitrogen and oxygen atoms in total. The molecule has 0 aliphatic rings. The normalized spacial score (nSPS) is 10.9. The third-order valence-corrected chi connectivity index (χ3v) is 4.88. The Balaban J connectivity index is 2.09. The van der Waals surface area contributed by atoms with Gasteiger partial charge in [0.15, 0.2) is 5.78 Å². The zero-order valence-electron chi connectivity index (χ0n) is 10.7. The predicted octanol–water partition coefficient (Wildman–Crippen LogP) is 3.68. The Morgan fingerprint density at radius 1 is 1.44 bits per heavy atom. The number of hydrogen-bond acceptors (Lipinski definition) is 3. The molecule has 5 heteroatoms. The van der Waals surface area contributed by atoms with Gasteiger partial charge < -0.3 is 0 Å². The molecule has 2 aromatic rings. The van der Waals surface area contributed by atoms with Crippen molar-refractivity contribution in [2.75, 3.05) is 0 Å². The molecule has 96 valence electrons. The smallest absolute Gasteiger partial charge is 0.165 e. The van der Waals surface area contributed by atoms with Gasteiger partial charge >= 0.3 is 0 Å². The molecule has 0 saturated carbocycles. The van der Waals surface area contributed by atoms with Crippen LogP contribution in [-0.4, -0.2) is 15.6 Å². The molecule has 2 aromatic heterocycles. The van der Waals surface area contributed by atoms with E-state index in [9.17, 15) is 4.79 Å². The summed E-state index contributed by atoms with van der Waals surface area (Å²) in [7, 11) is 1.93. The van der Waals surface area contributed by atoms with Crippen molar-refractivity contribution >= 4 is 33.0 Å². The lowest BCUT2D eigenvalue weighted by Gasteiger charge is -2.02. The van der Waals surface area contributed by atoms with Gasteiger partial charge in [-0.3, -0.25) is 9.48 Å². The average molecular weight is 327 g/mol. The summed E-state index contributed by atoms with van der Waals surface area (Å²) in [6.07, 6.45) is 1.29. The van der Waals surface area contributed by atoms with Crippen molar-refractivity contribution in [2.24, 2.45) is 7.05 Å². The fraction of sp³-hybridized carbons (Fsp3) is 0.385. The largest absolute Gasteiger partial charge is 0.294 e. The maximum atomic E-state index is 12.1. The molecule has 0 unspecified atom stereocenters. The van der Waals surface area contributed by atoms with Crippen LogP contribution < -0.4 is 0 Å². The van der Waals surface area contributed by atoms with Crippen molar-refractivity contribution < 1.29 is 4.79 Å². The van der Waals surface area contributed by atoms with E-state index in [1.807, 2.05) is 36.3 Å². The molecule has 0 aliphatic carbocycles. The monoisotopic (exact) mass is 326 g/mol. The molecule has 18 heavy (non-hydrogen) atoms. The number of rotatable bonds is 4. The summed E-state index contributed by atoms with van der Waals surface area (Å²) in [6, 6.07) is 0. The van der Waals surface area contributed by atoms with Gasteiger partial charge in [-0.05, 0) is 41.8 Å². The van der Waals surface area contributed by atoms with E-state index in [1.54, 1.807) is 11.3 Å². The highest BCUT2D eigenvalue weighted by Crippen LogP contribution is 2.24. The van der Waals surface area contributed by atoms with E-state index >= 15 is 0 Å². The number of aryl methyl sites for hydroxylation is 2. The third kappa shape index (κ3) is 2.57. The minimum Gasteiger partial charge on any atom is -0.294 e. The number of Topliss-reactive ketones (excluding diaryl/α,β-unsaturated/α-hetero) is 1.